The number of ether oxygens (including phenoxy) is 2. The fourth-order valence-electron chi connectivity index (χ4n) is 4.15. The molecule has 180 valence electrons. The normalized spacial score (nSPS) is 17.2. The standard InChI is InChI=1S/C30H26ClN3O2/c1-20-4-14-25(15-5-20)34-29(21-6-8-22(31)9-7-21)28(32-23-10-16-26(35-2)17-11-23)30(34)33-24-12-18-27(36-3)19-13-24/h4-19,29H,1-3H3. The molecule has 0 aromatic heterocycles. The molecule has 0 amide bonds. The monoisotopic (exact) mass is 495 g/mol. The minimum atomic E-state index is -0.121. The second-order valence-electron chi connectivity index (χ2n) is 8.49. The lowest BCUT2D eigenvalue weighted by atomic mass is 9.89. The van der Waals surface area contributed by atoms with Crippen LogP contribution in [0.25, 0.3) is 0 Å². The average Bonchev–Trinajstić information content (AvgIpc) is 2.91. The third-order valence-corrected chi connectivity index (χ3v) is 6.35. The highest BCUT2D eigenvalue weighted by molar-refractivity contribution is 6.56. The minimum Gasteiger partial charge on any atom is -0.497 e. The molecule has 1 heterocycles. The van der Waals surface area contributed by atoms with Crippen LogP contribution in [0.2, 0.25) is 5.02 Å². The van der Waals surface area contributed by atoms with Crippen LogP contribution in [0.1, 0.15) is 17.2 Å². The molecule has 0 aliphatic carbocycles. The highest BCUT2D eigenvalue weighted by atomic mass is 35.5. The molecule has 36 heavy (non-hydrogen) atoms. The lowest BCUT2D eigenvalue weighted by Gasteiger charge is -2.45. The van der Waals surface area contributed by atoms with Crippen molar-refractivity contribution in [2.75, 3.05) is 19.1 Å². The van der Waals surface area contributed by atoms with E-state index < -0.39 is 0 Å². The van der Waals surface area contributed by atoms with E-state index in [1.807, 2.05) is 72.8 Å². The second-order valence-corrected chi connectivity index (χ2v) is 8.92. The number of amidine groups is 1. The van der Waals surface area contributed by atoms with E-state index in [0.717, 1.165) is 45.7 Å². The van der Waals surface area contributed by atoms with Crippen LogP contribution in [0.15, 0.2) is 107 Å². The lowest BCUT2D eigenvalue weighted by Crippen LogP contribution is -2.56. The molecule has 0 bridgehead atoms. The van der Waals surface area contributed by atoms with Crippen molar-refractivity contribution in [2.24, 2.45) is 9.98 Å². The largest absolute Gasteiger partial charge is 0.497 e. The predicted molar refractivity (Wildman–Crippen MR) is 148 cm³/mol. The number of methoxy groups -OCH3 is 2. The van der Waals surface area contributed by atoms with E-state index in [1.54, 1.807) is 14.2 Å². The minimum absolute atomic E-state index is 0.121. The molecule has 5 rings (SSSR count). The maximum atomic E-state index is 6.21. The van der Waals surface area contributed by atoms with Crippen molar-refractivity contribution in [1.82, 2.24) is 0 Å². The van der Waals surface area contributed by atoms with Crippen LogP contribution in [-0.4, -0.2) is 25.8 Å². The van der Waals surface area contributed by atoms with Gasteiger partial charge >= 0.3 is 0 Å². The Balaban J connectivity index is 1.65. The fraction of sp³-hybridized carbons (Fsp3) is 0.133. The summed E-state index contributed by atoms with van der Waals surface area (Å²) in [6.07, 6.45) is 0. The van der Waals surface area contributed by atoms with Gasteiger partial charge in [-0.2, -0.15) is 0 Å². The van der Waals surface area contributed by atoms with Gasteiger partial charge in [0.15, 0.2) is 5.84 Å². The summed E-state index contributed by atoms with van der Waals surface area (Å²) in [5.41, 5.74) is 5.85. The van der Waals surface area contributed by atoms with Crippen LogP contribution >= 0.6 is 11.6 Å². The summed E-state index contributed by atoms with van der Waals surface area (Å²) in [6, 6.07) is 31.7. The summed E-state index contributed by atoms with van der Waals surface area (Å²) in [7, 11) is 3.31. The first-order chi connectivity index (χ1) is 17.6. The van der Waals surface area contributed by atoms with E-state index in [9.17, 15) is 0 Å². The highest BCUT2D eigenvalue weighted by Crippen LogP contribution is 2.40. The van der Waals surface area contributed by atoms with Gasteiger partial charge in [-0.25, -0.2) is 9.98 Å². The number of halogens is 1. The van der Waals surface area contributed by atoms with Crippen LogP contribution in [0.3, 0.4) is 0 Å². The Labute approximate surface area is 216 Å². The number of rotatable bonds is 6. The van der Waals surface area contributed by atoms with E-state index in [-0.39, 0.29) is 6.04 Å². The van der Waals surface area contributed by atoms with Crippen molar-refractivity contribution in [3.63, 3.8) is 0 Å². The van der Waals surface area contributed by atoms with Crippen molar-refractivity contribution in [1.29, 1.82) is 0 Å². The maximum absolute atomic E-state index is 6.21. The van der Waals surface area contributed by atoms with Crippen molar-refractivity contribution in [2.45, 2.75) is 13.0 Å². The van der Waals surface area contributed by atoms with Gasteiger partial charge in [-0.05, 0) is 85.3 Å². The number of benzene rings is 4. The van der Waals surface area contributed by atoms with Gasteiger partial charge in [0, 0.05) is 10.7 Å². The molecule has 0 N–H and O–H groups in total. The van der Waals surface area contributed by atoms with Gasteiger partial charge < -0.3 is 14.4 Å². The third-order valence-electron chi connectivity index (χ3n) is 6.10. The molecule has 1 saturated heterocycles. The molecule has 1 unspecified atom stereocenters. The number of anilines is 1. The number of aryl methyl sites for hydroxylation is 1. The zero-order valence-corrected chi connectivity index (χ0v) is 21.1. The molecule has 0 spiro atoms. The molecule has 1 atom stereocenters. The fourth-order valence-corrected chi connectivity index (χ4v) is 4.28. The number of hydrogen-bond acceptors (Lipinski definition) is 4. The number of aliphatic imine (C=N–C) groups is 2. The van der Waals surface area contributed by atoms with Gasteiger partial charge in [-0.3, -0.25) is 0 Å². The van der Waals surface area contributed by atoms with Crippen LogP contribution in [0, 0.1) is 6.92 Å². The maximum Gasteiger partial charge on any atom is 0.158 e. The van der Waals surface area contributed by atoms with Crippen LogP contribution in [-0.2, 0) is 0 Å². The van der Waals surface area contributed by atoms with Crippen molar-refractivity contribution < 1.29 is 9.47 Å². The van der Waals surface area contributed by atoms with Gasteiger partial charge in [-0.1, -0.05) is 41.4 Å². The zero-order chi connectivity index (χ0) is 25.1. The molecule has 4 aromatic carbocycles. The number of hydrogen-bond donors (Lipinski definition) is 0. The Bertz CT molecular complexity index is 1280. The van der Waals surface area contributed by atoms with Gasteiger partial charge in [-0.15, -0.1) is 0 Å². The Hall–Kier alpha value is -4.09. The Morgan fingerprint density at radius 1 is 0.667 bits per heavy atom. The van der Waals surface area contributed by atoms with Crippen LogP contribution in [0.5, 0.6) is 11.5 Å². The molecule has 0 saturated carbocycles. The summed E-state index contributed by atoms with van der Waals surface area (Å²) in [6.45, 7) is 2.08. The van der Waals surface area contributed by atoms with E-state index in [1.165, 1.54) is 5.56 Å². The van der Waals surface area contributed by atoms with E-state index in [0.29, 0.717) is 5.02 Å². The van der Waals surface area contributed by atoms with Crippen molar-refractivity contribution in [3.05, 3.63) is 113 Å². The Kier molecular flexibility index (Phi) is 6.74. The summed E-state index contributed by atoms with van der Waals surface area (Å²) in [5, 5.41) is 0.695. The lowest BCUT2D eigenvalue weighted by molar-refractivity contribution is 0.414. The molecule has 1 aliphatic rings. The first-order valence-corrected chi connectivity index (χ1v) is 12.0. The summed E-state index contributed by atoms with van der Waals surface area (Å²) >= 11 is 6.21. The average molecular weight is 496 g/mol. The molecule has 4 aromatic rings. The Morgan fingerprint density at radius 2 is 1.19 bits per heavy atom. The topological polar surface area (TPSA) is 46.4 Å². The van der Waals surface area contributed by atoms with Crippen molar-refractivity contribution in [3.8, 4) is 11.5 Å². The first-order valence-electron chi connectivity index (χ1n) is 11.6. The summed E-state index contributed by atoms with van der Waals surface area (Å²) < 4.78 is 10.6. The second kappa shape index (κ2) is 10.3. The molecule has 6 heteroatoms. The van der Waals surface area contributed by atoms with Crippen LogP contribution < -0.4 is 14.4 Å². The summed E-state index contributed by atoms with van der Waals surface area (Å²) in [4.78, 5) is 12.3. The summed E-state index contributed by atoms with van der Waals surface area (Å²) in [5.74, 6) is 2.36. The molecular formula is C30H26ClN3O2. The first kappa shape index (κ1) is 23.6. The molecular weight excluding hydrogens is 470 g/mol. The van der Waals surface area contributed by atoms with Gasteiger partial charge in [0.2, 0.25) is 0 Å². The molecule has 5 nitrogen and oxygen atoms in total. The predicted octanol–water partition coefficient (Wildman–Crippen LogP) is 7.73. The van der Waals surface area contributed by atoms with Gasteiger partial charge in [0.05, 0.1) is 25.6 Å². The molecule has 1 aliphatic heterocycles. The quantitative estimate of drug-likeness (QED) is 0.275. The SMILES string of the molecule is COc1ccc(N=C2C(=Nc3ccc(OC)cc3)N(c3ccc(C)cc3)C2c2ccc(Cl)cc2)cc1. The van der Waals surface area contributed by atoms with E-state index in [4.69, 9.17) is 31.1 Å². The van der Waals surface area contributed by atoms with E-state index >= 15 is 0 Å². The molecule has 1 fully saturated rings. The van der Waals surface area contributed by atoms with E-state index in [2.05, 4.69) is 36.1 Å². The smallest absolute Gasteiger partial charge is 0.158 e. The van der Waals surface area contributed by atoms with Gasteiger partial charge in [0.25, 0.3) is 0 Å². The Morgan fingerprint density at radius 3 is 1.72 bits per heavy atom. The van der Waals surface area contributed by atoms with Crippen molar-refractivity contribution >= 4 is 40.2 Å². The van der Waals surface area contributed by atoms with Gasteiger partial charge in [0.1, 0.15) is 23.3 Å². The molecule has 0 radical (unpaired) electrons. The van der Waals surface area contributed by atoms with Crippen LogP contribution in [0.4, 0.5) is 17.1 Å². The third kappa shape index (κ3) is 4.83. The highest BCUT2D eigenvalue weighted by Gasteiger charge is 2.44. The zero-order valence-electron chi connectivity index (χ0n) is 20.4. The number of nitrogens with zero attached hydrogens (tertiary/aromatic N) is 3.